The average molecular weight is 337 g/mol. The molecule has 24 heavy (non-hydrogen) atoms. The number of aromatic amines is 1. The number of pyridine rings is 1. The van der Waals surface area contributed by atoms with Gasteiger partial charge in [-0.15, -0.1) is 0 Å². The van der Waals surface area contributed by atoms with E-state index in [1.54, 1.807) is 23.3 Å². The van der Waals surface area contributed by atoms with Crippen LogP contribution in [0.15, 0.2) is 53.9 Å². The Balaban J connectivity index is 1.96. The summed E-state index contributed by atoms with van der Waals surface area (Å²) >= 11 is 5.29. The Labute approximate surface area is 146 Å². The quantitative estimate of drug-likeness (QED) is 0.576. The van der Waals surface area contributed by atoms with E-state index in [0.29, 0.717) is 10.6 Å². The molecular weight excluding hydrogens is 318 g/mol. The summed E-state index contributed by atoms with van der Waals surface area (Å²) in [6, 6.07) is 12.1. The van der Waals surface area contributed by atoms with Gasteiger partial charge in [0.15, 0.2) is 5.82 Å². The third-order valence-electron chi connectivity index (χ3n) is 3.67. The zero-order valence-electron chi connectivity index (χ0n) is 13.9. The molecule has 0 saturated carbocycles. The molecule has 2 aromatic heterocycles. The lowest BCUT2D eigenvalue weighted by Gasteiger charge is -2.18. The molecule has 5 nitrogen and oxygen atoms in total. The fourth-order valence-electron chi connectivity index (χ4n) is 2.28. The molecule has 0 fully saturated rings. The molecule has 0 radical (unpaired) electrons. The maximum Gasteiger partial charge on any atom is 0.216 e. The first-order chi connectivity index (χ1) is 11.4. The monoisotopic (exact) mass is 337 g/mol. The second kappa shape index (κ2) is 6.49. The molecule has 3 rings (SSSR count). The lowest BCUT2D eigenvalue weighted by Crippen LogP contribution is -2.10. The molecule has 6 heteroatoms. The number of nitrogens with zero attached hydrogens (tertiary/aromatic N) is 4. The van der Waals surface area contributed by atoms with Crippen LogP contribution >= 0.6 is 12.2 Å². The van der Waals surface area contributed by atoms with E-state index in [1.165, 1.54) is 5.56 Å². The molecule has 1 N–H and O–H groups in total. The molecule has 3 aromatic rings. The molecule has 0 spiro atoms. The van der Waals surface area contributed by atoms with Crippen LogP contribution in [0.3, 0.4) is 0 Å². The molecule has 0 unspecified atom stereocenters. The van der Waals surface area contributed by atoms with Gasteiger partial charge in [0.1, 0.15) is 0 Å². The van der Waals surface area contributed by atoms with Gasteiger partial charge in [-0.25, -0.2) is 5.10 Å². The third kappa shape index (κ3) is 3.49. The lowest BCUT2D eigenvalue weighted by molar-refractivity contribution is 0.590. The van der Waals surface area contributed by atoms with Crippen molar-refractivity contribution in [2.45, 2.75) is 26.2 Å². The van der Waals surface area contributed by atoms with Crippen molar-refractivity contribution in [3.8, 4) is 11.4 Å². The summed E-state index contributed by atoms with van der Waals surface area (Å²) in [5.74, 6) is 0.681. The van der Waals surface area contributed by atoms with Gasteiger partial charge in [-0.3, -0.25) is 4.98 Å². The lowest BCUT2D eigenvalue weighted by atomic mass is 9.87. The Bertz CT molecular complexity index is 899. The Morgan fingerprint density at radius 2 is 1.92 bits per heavy atom. The van der Waals surface area contributed by atoms with E-state index in [2.05, 4.69) is 53.2 Å². The minimum atomic E-state index is 0.113. The van der Waals surface area contributed by atoms with Crippen molar-refractivity contribution in [1.82, 2.24) is 19.9 Å². The maximum atomic E-state index is 5.29. The minimum absolute atomic E-state index is 0.113. The van der Waals surface area contributed by atoms with Crippen molar-refractivity contribution >= 4 is 18.4 Å². The number of aromatic nitrogens is 4. The van der Waals surface area contributed by atoms with Crippen LogP contribution in [0.25, 0.3) is 11.4 Å². The van der Waals surface area contributed by atoms with E-state index < -0.39 is 0 Å². The molecule has 0 saturated heterocycles. The van der Waals surface area contributed by atoms with Crippen molar-refractivity contribution in [3.05, 3.63) is 64.7 Å². The van der Waals surface area contributed by atoms with E-state index in [1.807, 2.05) is 24.3 Å². The van der Waals surface area contributed by atoms with Gasteiger partial charge in [0.2, 0.25) is 4.77 Å². The highest BCUT2D eigenvalue weighted by atomic mass is 32.1. The largest absolute Gasteiger partial charge is 0.264 e. The van der Waals surface area contributed by atoms with Gasteiger partial charge in [0.05, 0.1) is 6.21 Å². The van der Waals surface area contributed by atoms with Gasteiger partial charge in [-0.05, 0) is 29.3 Å². The van der Waals surface area contributed by atoms with Gasteiger partial charge >= 0.3 is 0 Å². The molecule has 0 amide bonds. The summed E-state index contributed by atoms with van der Waals surface area (Å²) in [5.41, 5.74) is 3.24. The van der Waals surface area contributed by atoms with Gasteiger partial charge in [0.25, 0.3) is 0 Å². The first-order valence-corrected chi connectivity index (χ1v) is 8.09. The Morgan fingerprint density at radius 3 is 2.54 bits per heavy atom. The molecule has 0 aliphatic heterocycles. The van der Waals surface area contributed by atoms with Gasteiger partial charge in [-0.1, -0.05) is 51.1 Å². The number of hydrogen-bond acceptors (Lipinski definition) is 4. The van der Waals surface area contributed by atoms with E-state index in [9.17, 15) is 0 Å². The van der Waals surface area contributed by atoms with Crippen LogP contribution in [0.4, 0.5) is 0 Å². The van der Waals surface area contributed by atoms with Crippen LogP contribution in [0, 0.1) is 4.77 Å². The standard InChI is InChI=1S/C18H19N5S/c1-18(2,3)15-8-6-14(7-9-15)16-21-22-17(24)23(16)20-12-13-5-4-10-19-11-13/h4-12H,1-3H3,(H,22,24)/b20-12+. The number of hydrogen-bond donors (Lipinski definition) is 1. The van der Waals surface area contributed by atoms with Crippen LogP contribution in [0.1, 0.15) is 31.9 Å². The molecule has 0 aliphatic rings. The second-order valence-electron chi connectivity index (χ2n) is 6.52. The van der Waals surface area contributed by atoms with E-state index >= 15 is 0 Å². The highest BCUT2D eigenvalue weighted by Crippen LogP contribution is 2.25. The number of H-pyrrole nitrogens is 1. The minimum Gasteiger partial charge on any atom is -0.264 e. The van der Waals surface area contributed by atoms with Crippen LogP contribution < -0.4 is 0 Å². The van der Waals surface area contributed by atoms with E-state index in [4.69, 9.17) is 12.2 Å². The third-order valence-corrected chi connectivity index (χ3v) is 3.93. The summed E-state index contributed by atoms with van der Waals surface area (Å²) in [4.78, 5) is 4.07. The number of rotatable bonds is 3. The van der Waals surface area contributed by atoms with Crippen LogP contribution in [-0.2, 0) is 5.41 Å². The molecule has 2 heterocycles. The second-order valence-corrected chi connectivity index (χ2v) is 6.91. The molecule has 0 atom stereocenters. The topological polar surface area (TPSA) is 58.9 Å². The van der Waals surface area contributed by atoms with Crippen LogP contribution in [0.2, 0.25) is 0 Å². The van der Waals surface area contributed by atoms with Gasteiger partial charge in [0, 0.05) is 23.5 Å². The molecule has 1 aromatic carbocycles. The van der Waals surface area contributed by atoms with E-state index in [-0.39, 0.29) is 5.41 Å². The normalized spacial score (nSPS) is 12.0. The van der Waals surface area contributed by atoms with E-state index in [0.717, 1.165) is 11.1 Å². The zero-order chi connectivity index (χ0) is 17.2. The smallest absolute Gasteiger partial charge is 0.216 e. The Hall–Kier alpha value is -2.60. The summed E-state index contributed by atoms with van der Waals surface area (Å²) in [6.45, 7) is 6.57. The Kier molecular flexibility index (Phi) is 4.40. The molecule has 0 bridgehead atoms. The molecule has 122 valence electrons. The van der Waals surface area contributed by atoms with Crippen LogP contribution in [0.5, 0.6) is 0 Å². The van der Waals surface area contributed by atoms with Crippen molar-refractivity contribution in [1.29, 1.82) is 0 Å². The first kappa shape index (κ1) is 16.3. The highest BCUT2D eigenvalue weighted by molar-refractivity contribution is 7.71. The van der Waals surface area contributed by atoms with Crippen molar-refractivity contribution in [2.24, 2.45) is 5.10 Å². The average Bonchev–Trinajstić information content (AvgIpc) is 2.94. The van der Waals surface area contributed by atoms with Crippen molar-refractivity contribution in [2.75, 3.05) is 0 Å². The predicted molar refractivity (Wildman–Crippen MR) is 98.8 cm³/mol. The van der Waals surface area contributed by atoms with Crippen LogP contribution in [-0.4, -0.2) is 26.1 Å². The maximum absolute atomic E-state index is 5.29. The molecule has 0 aliphatic carbocycles. The van der Waals surface area contributed by atoms with Crippen molar-refractivity contribution in [3.63, 3.8) is 0 Å². The Morgan fingerprint density at radius 1 is 1.17 bits per heavy atom. The summed E-state index contributed by atoms with van der Waals surface area (Å²) in [7, 11) is 0. The summed E-state index contributed by atoms with van der Waals surface area (Å²) in [5, 5.41) is 11.5. The van der Waals surface area contributed by atoms with Gasteiger partial charge < -0.3 is 0 Å². The van der Waals surface area contributed by atoms with Crippen molar-refractivity contribution < 1.29 is 0 Å². The summed E-state index contributed by atoms with van der Waals surface area (Å²) in [6.07, 6.45) is 5.18. The first-order valence-electron chi connectivity index (χ1n) is 7.68. The SMILES string of the molecule is CC(C)(C)c1ccc(-c2n[nH]c(=S)n2/N=C/c2cccnc2)cc1. The summed E-state index contributed by atoms with van der Waals surface area (Å²) < 4.78 is 2.07. The zero-order valence-corrected chi connectivity index (χ0v) is 14.7. The van der Waals surface area contributed by atoms with Gasteiger partial charge in [-0.2, -0.15) is 14.9 Å². The number of benzene rings is 1. The predicted octanol–water partition coefficient (Wildman–Crippen LogP) is 4.18. The molecular formula is C18H19N5S. The highest BCUT2D eigenvalue weighted by Gasteiger charge is 2.14. The fourth-order valence-corrected chi connectivity index (χ4v) is 2.46. The number of nitrogens with one attached hydrogen (secondary N) is 1. The fraction of sp³-hybridized carbons (Fsp3) is 0.222.